The number of fused-ring (bicyclic) bond motifs is 11. The lowest BCUT2D eigenvalue weighted by atomic mass is 9.84. The normalized spacial score (nSPS) is 13.7. The number of benzene rings is 9. The van der Waals surface area contributed by atoms with Gasteiger partial charge in [-0.1, -0.05) is 370 Å². The molecule has 0 spiro atoms. The molecule has 0 fully saturated rings. The summed E-state index contributed by atoms with van der Waals surface area (Å²) in [6.45, 7) is 58.9. The number of anilines is 2. The minimum atomic E-state index is -0.0894. The summed E-state index contributed by atoms with van der Waals surface area (Å²) in [6, 6.07) is 74.4. The topological polar surface area (TPSA) is 93.7 Å². The molecule has 0 saturated heterocycles. The number of amides is 1. The maximum atomic E-state index is 11.4. The van der Waals surface area contributed by atoms with Gasteiger partial charge in [0.15, 0.2) is 0 Å². The van der Waals surface area contributed by atoms with Crippen molar-refractivity contribution >= 4 is 109 Å². The number of carbonyl (C=O) groups excluding carboxylic acids is 2. The Kier molecular flexibility index (Phi) is 54.3. The van der Waals surface area contributed by atoms with Crippen molar-refractivity contribution in [3.63, 3.8) is 0 Å². The molecule has 0 saturated carbocycles. The highest BCUT2D eigenvalue weighted by molar-refractivity contribution is 7.26. The third-order valence-electron chi connectivity index (χ3n) is 21.1. The molecule has 7 nitrogen and oxygen atoms in total. The maximum absolute atomic E-state index is 11.4. The minimum Gasteiger partial charge on any atom is -0.465 e. The lowest BCUT2D eigenvalue weighted by Gasteiger charge is -2.19. The molecule has 5 heterocycles. The fraction of sp³-hybridized carbons (Fsp3) is 0.418. The van der Waals surface area contributed by atoms with E-state index in [0.717, 1.165) is 48.1 Å². The summed E-state index contributed by atoms with van der Waals surface area (Å²) < 4.78 is 20.7. The van der Waals surface area contributed by atoms with Crippen molar-refractivity contribution in [2.75, 3.05) is 17.2 Å². The third kappa shape index (κ3) is 32.7. The van der Waals surface area contributed by atoms with E-state index in [1.165, 1.54) is 117 Å². The van der Waals surface area contributed by atoms with Crippen molar-refractivity contribution in [3.05, 3.63) is 287 Å². The molecular weight excluding hydrogens is 1490 g/mol. The second kappa shape index (κ2) is 61.1. The summed E-state index contributed by atoms with van der Waals surface area (Å²) in [4.78, 5) is 22.8. The average molecular weight is 1650 g/mol. The van der Waals surface area contributed by atoms with Crippen molar-refractivity contribution in [1.82, 2.24) is 0 Å². The fourth-order valence-electron chi connectivity index (χ4n) is 12.8. The van der Waals surface area contributed by atoms with Gasteiger partial charge < -0.3 is 24.2 Å². The van der Waals surface area contributed by atoms with Crippen LogP contribution < -0.4 is 10.6 Å². The Balaban J connectivity index is 0.000000460. The average Bonchev–Trinajstić information content (AvgIpc) is 1.64. The van der Waals surface area contributed by atoms with Crippen LogP contribution in [-0.2, 0) is 20.7 Å². The van der Waals surface area contributed by atoms with Gasteiger partial charge in [-0.05, 0) is 185 Å². The van der Waals surface area contributed by atoms with Crippen LogP contribution in [0.3, 0.4) is 0 Å². The molecule has 0 bridgehead atoms. The molecule has 9 atom stereocenters. The predicted octanol–water partition coefficient (Wildman–Crippen LogP) is 35.9. The van der Waals surface area contributed by atoms with Crippen LogP contribution in [0.5, 0.6) is 0 Å². The number of rotatable bonds is 18. The van der Waals surface area contributed by atoms with Gasteiger partial charge in [0.25, 0.3) is 0 Å². The van der Waals surface area contributed by atoms with E-state index in [-0.39, 0.29) is 23.7 Å². The molecule has 2 N–H and O–H groups in total. The van der Waals surface area contributed by atoms with E-state index < -0.39 is 0 Å². The Labute approximate surface area is 730 Å². The van der Waals surface area contributed by atoms with E-state index in [9.17, 15) is 9.59 Å². The van der Waals surface area contributed by atoms with Crippen LogP contribution in [0.1, 0.15) is 313 Å². The van der Waals surface area contributed by atoms with Gasteiger partial charge >= 0.3 is 5.97 Å². The number of thiophene rings is 2. The van der Waals surface area contributed by atoms with Crippen molar-refractivity contribution in [2.45, 2.75) is 287 Å². The summed E-state index contributed by atoms with van der Waals surface area (Å²) in [7, 11) is 0. The van der Waals surface area contributed by atoms with Gasteiger partial charge in [-0.15, -0.1) is 22.7 Å². The number of hydrogen-bond donors (Lipinski definition) is 2. The zero-order valence-electron chi connectivity index (χ0n) is 78.6. The number of carbonyl (C=O) groups is 2. The van der Waals surface area contributed by atoms with Gasteiger partial charge in [-0.3, -0.25) is 9.59 Å². The summed E-state index contributed by atoms with van der Waals surface area (Å²) in [5, 5.41) is 16.5. The van der Waals surface area contributed by atoms with Gasteiger partial charge in [-0.25, -0.2) is 0 Å². The van der Waals surface area contributed by atoms with Crippen LogP contribution >= 0.6 is 22.7 Å². The monoisotopic (exact) mass is 1650 g/mol. The van der Waals surface area contributed by atoms with Crippen LogP contribution in [0.15, 0.2) is 257 Å². The molecule has 4 aromatic heterocycles. The smallest absolute Gasteiger partial charge is 0.308 e. The van der Waals surface area contributed by atoms with Crippen LogP contribution in [-0.4, -0.2) is 24.5 Å². The summed E-state index contributed by atoms with van der Waals surface area (Å²) >= 11 is 3.75. The van der Waals surface area contributed by atoms with E-state index >= 15 is 0 Å². The van der Waals surface area contributed by atoms with Crippen molar-refractivity contribution in [2.24, 2.45) is 11.8 Å². The number of esters is 1. The molecular formula is C110H154N2O5S2. The Morgan fingerprint density at radius 3 is 1.55 bits per heavy atom. The second-order valence-corrected chi connectivity index (χ2v) is 30.3. The molecule has 2 aliphatic rings. The highest BCUT2D eigenvalue weighted by Crippen LogP contribution is 2.44. The highest BCUT2D eigenvalue weighted by Gasteiger charge is 2.32. The predicted molar refractivity (Wildman–Crippen MR) is 534 cm³/mol. The Morgan fingerprint density at radius 2 is 0.933 bits per heavy atom. The van der Waals surface area contributed by atoms with Gasteiger partial charge in [0.1, 0.15) is 16.7 Å². The lowest BCUT2D eigenvalue weighted by Crippen LogP contribution is -2.19. The highest BCUT2D eigenvalue weighted by atomic mass is 32.1. The molecule has 0 radical (unpaired) electrons. The fourth-order valence-corrected chi connectivity index (χ4v) is 14.9. The van der Waals surface area contributed by atoms with Gasteiger partial charge in [0, 0.05) is 70.7 Å². The molecule has 15 rings (SSSR count). The standard InChI is InChI=1S/C16H19N.C16H16O.C16H16S.C13H18O2.C12H14O.C12H14S.C11H15NO.7C2H6/c1-3-11(2)12-8-6-10-15-16(12)13-7-4-5-9-14(13)17-15;1-3-11(2)12-8-9-14-13-6-4-5-7-15(13)17-16(14)10-12;1-3-11(2)12-8-6-9-14-13-7-4-5-10-15(13)17-16(12)14;1-3-11(2)13(14)15-10-9-12-7-5-4-6-8-12;1-3-9(2)11-5-4-10-6-7-13-12(10)8-11;1-3-9(2)10-4-5-12-11(8-10)6-7-13-12;1-3-9(2)11(13)12-10-7-5-4-6-8-10;7*1-2/h4-11,13-14,17H,3H2,1-2H3;2*4-11H,3H2,1-2H3;4-8,11H,3,9-10H2,1-2H3;2*4-9H,3H2,1-2H3;4-9H,3H2,1-2H3,(H,12,13);7*1-2H3. The van der Waals surface area contributed by atoms with Crippen LogP contribution in [0.2, 0.25) is 0 Å². The summed E-state index contributed by atoms with van der Waals surface area (Å²) in [6.07, 6.45) is 19.1. The van der Waals surface area contributed by atoms with E-state index in [4.69, 9.17) is 13.6 Å². The number of para-hydroxylation sites is 2. The van der Waals surface area contributed by atoms with Gasteiger partial charge in [0.05, 0.1) is 24.8 Å². The molecule has 119 heavy (non-hydrogen) atoms. The summed E-state index contributed by atoms with van der Waals surface area (Å²) in [5.74, 6) is 3.81. The Morgan fingerprint density at radius 1 is 0.429 bits per heavy atom. The van der Waals surface area contributed by atoms with E-state index in [0.29, 0.717) is 48.2 Å². The Bertz CT molecular complexity index is 4800. The molecule has 1 amide bonds. The van der Waals surface area contributed by atoms with Crippen LogP contribution in [0.4, 0.5) is 11.4 Å². The van der Waals surface area contributed by atoms with Crippen molar-refractivity contribution < 1.29 is 23.2 Å². The first kappa shape index (κ1) is 106. The van der Waals surface area contributed by atoms with Crippen LogP contribution in [0.25, 0.3) is 63.2 Å². The molecule has 13 aromatic rings. The quantitative estimate of drug-likeness (QED) is 0.0832. The SMILES string of the molecule is CC.CC.CC.CC.CC.CC.CC.CCC(C)C(=O)Nc1ccccc1.CCC(C)C(=O)OCCc1ccccc1.CCC(C)c1ccc2c(c1)oc1ccccc12.CCC(C)c1ccc2ccoc2c1.CCC(C)c1ccc2sccc2c1.CCC(C)c1cccc2c1C1C=CC=CC1N2.CCC(C)c1cccc2c1sc1ccccc12. The number of allylic oxidation sites excluding steroid dienone is 2. The number of furan rings is 2. The largest absolute Gasteiger partial charge is 0.465 e. The lowest BCUT2D eigenvalue weighted by molar-refractivity contribution is -0.147. The third-order valence-corrected chi connectivity index (χ3v) is 23.3. The maximum Gasteiger partial charge on any atom is 0.308 e. The van der Waals surface area contributed by atoms with Gasteiger partial charge in [0.2, 0.25) is 5.91 Å². The van der Waals surface area contributed by atoms with Crippen LogP contribution in [0, 0.1) is 11.8 Å². The molecule has 9 unspecified atom stereocenters. The molecule has 9 aromatic carbocycles. The number of hydrogen-bond acceptors (Lipinski definition) is 8. The van der Waals surface area contributed by atoms with Crippen molar-refractivity contribution in [1.29, 1.82) is 0 Å². The first-order valence-electron chi connectivity index (χ1n) is 45.6. The second-order valence-electron chi connectivity index (χ2n) is 28.3. The van der Waals surface area contributed by atoms with Crippen molar-refractivity contribution in [3.8, 4) is 0 Å². The zero-order valence-corrected chi connectivity index (χ0v) is 80.2. The van der Waals surface area contributed by atoms with E-state index in [2.05, 4.69) is 243 Å². The molecule has 646 valence electrons. The van der Waals surface area contributed by atoms with E-state index in [1.54, 1.807) is 6.26 Å². The Hall–Kier alpha value is -9.28. The number of ether oxygens (including phenoxy) is 1. The zero-order chi connectivity index (χ0) is 88.8. The van der Waals surface area contributed by atoms with Gasteiger partial charge in [-0.2, -0.15) is 0 Å². The van der Waals surface area contributed by atoms with E-state index in [1.807, 2.05) is 226 Å². The number of nitrogens with one attached hydrogen (secondary N) is 2. The molecule has 1 aliphatic heterocycles. The first-order chi connectivity index (χ1) is 58.0. The first-order valence-corrected chi connectivity index (χ1v) is 47.3. The summed E-state index contributed by atoms with van der Waals surface area (Å²) in [5.41, 5.74) is 15.1. The molecule has 1 aliphatic carbocycles. The minimum absolute atomic E-state index is 0.0146. The molecule has 9 heteroatoms.